The van der Waals surface area contributed by atoms with E-state index in [2.05, 4.69) is 55.5 Å². The third-order valence-electron chi connectivity index (χ3n) is 9.24. The lowest BCUT2D eigenvalue weighted by Crippen LogP contribution is -2.62. The van der Waals surface area contributed by atoms with Gasteiger partial charge in [-0.1, -0.05) is 17.7 Å². The highest BCUT2D eigenvalue weighted by atomic mass is 79.9. The zero-order valence-corrected chi connectivity index (χ0v) is 29.6. The van der Waals surface area contributed by atoms with Gasteiger partial charge in [-0.2, -0.15) is 0 Å². The van der Waals surface area contributed by atoms with E-state index in [-0.39, 0.29) is 11.9 Å². The smallest absolute Gasteiger partial charge is 0.411 e. The van der Waals surface area contributed by atoms with Gasteiger partial charge in [0.05, 0.1) is 18.1 Å². The van der Waals surface area contributed by atoms with Crippen LogP contribution in [0.15, 0.2) is 47.5 Å². The van der Waals surface area contributed by atoms with Crippen molar-refractivity contribution < 1.29 is 14.3 Å². The van der Waals surface area contributed by atoms with Crippen molar-refractivity contribution in [2.24, 2.45) is 5.92 Å². The van der Waals surface area contributed by atoms with Crippen molar-refractivity contribution in [2.45, 2.75) is 84.0 Å². The molecular formula is C35H44BrClN6O3. The second kappa shape index (κ2) is 13.6. The Morgan fingerprint density at radius 1 is 1.11 bits per heavy atom. The Balaban J connectivity index is 1.35. The van der Waals surface area contributed by atoms with E-state index >= 15 is 0 Å². The molecule has 9 nitrogen and oxygen atoms in total. The molecule has 2 aliphatic carbocycles. The van der Waals surface area contributed by atoms with Gasteiger partial charge in [-0.15, -0.1) is 0 Å². The molecule has 1 saturated heterocycles. The zero-order chi connectivity index (χ0) is 32.6. The van der Waals surface area contributed by atoms with Gasteiger partial charge in [-0.25, -0.2) is 9.78 Å². The second-order valence-corrected chi connectivity index (χ2v) is 15.1. The molecule has 1 saturated carbocycles. The number of hydrogen-bond acceptors (Lipinski definition) is 6. The Kier molecular flexibility index (Phi) is 9.78. The first kappa shape index (κ1) is 33.0. The van der Waals surface area contributed by atoms with Gasteiger partial charge in [0, 0.05) is 73.3 Å². The van der Waals surface area contributed by atoms with Crippen molar-refractivity contribution >= 4 is 39.5 Å². The summed E-state index contributed by atoms with van der Waals surface area (Å²) in [5, 5.41) is 0.709. The molecule has 3 aliphatic rings. The molecule has 2 atom stereocenters. The number of amides is 2. The molecule has 0 radical (unpaired) electrons. The zero-order valence-electron chi connectivity index (χ0n) is 27.2. The molecule has 1 aromatic carbocycles. The minimum absolute atomic E-state index is 0.0287. The average Bonchev–Trinajstić information content (AvgIpc) is 3.75. The van der Waals surface area contributed by atoms with E-state index in [1.54, 1.807) is 4.90 Å². The number of carbonyl (C=O) groups excluding carboxylic acids is 2. The fraction of sp³-hybridized carbons (Fsp3) is 0.543. The van der Waals surface area contributed by atoms with Crippen molar-refractivity contribution in [1.82, 2.24) is 29.2 Å². The number of aryl methyl sites for hydroxylation is 3. The fourth-order valence-corrected chi connectivity index (χ4v) is 7.35. The highest BCUT2D eigenvalue weighted by Gasteiger charge is 2.43. The number of halogens is 2. The largest absolute Gasteiger partial charge is 0.444 e. The molecular weight excluding hydrogens is 668 g/mol. The van der Waals surface area contributed by atoms with E-state index < -0.39 is 17.7 Å². The van der Waals surface area contributed by atoms with Gasteiger partial charge in [-0.3, -0.25) is 19.6 Å². The number of piperazine rings is 1. The topological polar surface area (TPSA) is 83.8 Å². The highest BCUT2D eigenvalue weighted by Crippen LogP contribution is 2.39. The van der Waals surface area contributed by atoms with Gasteiger partial charge in [0.1, 0.15) is 11.6 Å². The SMILES string of the molecule is CCn1cncc1CCN(CC1CC1)C(=O)[C@H]1CN(C2c3ccc(Cl)cc3CCc3cc(Br)cnc32)CCN1C(=O)OC(C)(C)C. The maximum Gasteiger partial charge on any atom is 0.411 e. The van der Waals surface area contributed by atoms with Gasteiger partial charge in [0.2, 0.25) is 5.91 Å². The third-order valence-corrected chi connectivity index (χ3v) is 9.91. The summed E-state index contributed by atoms with van der Waals surface area (Å²) in [5.74, 6) is 0.474. The molecule has 2 amide bonds. The Morgan fingerprint density at radius 3 is 2.63 bits per heavy atom. The van der Waals surface area contributed by atoms with Crippen molar-refractivity contribution in [2.75, 3.05) is 32.7 Å². The van der Waals surface area contributed by atoms with Crippen molar-refractivity contribution in [3.63, 3.8) is 0 Å². The summed E-state index contributed by atoms with van der Waals surface area (Å²) >= 11 is 10.1. The van der Waals surface area contributed by atoms with Gasteiger partial charge >= 0.3 is 6.09 Å². The lowest BCUT2D eigenvalue weighted by atomic mass is 9.95. The second-order valence-electron chi connectivity index (χ2n) is 13.8. The van der Waals surface area contributed by atoms with Crippen LogP contribution in [0.1, 0.15) is 74.7 Å². The summed E-state index contributed by atoms with van der Waals surface area (Å²) < 4.78 is 8.93. The number of hydrogen-bond donors (Lipinski definition) is 0. The van der Waals surface area contributed by atoms with Crippen LogP contribution in [0.25, 0.3) is 0 Å². The van der Waals surface area contributed by atoms with E-state index in [1.807, 2.05) is 50.5 Å². The van der Waals surface area contributed by atoms with Crippen LogP contribution < -0.4 is 0 Å². The van der Waals surface area contributed by atoms with E-state index in [4.69, 9.17) is 21.3 Å². The quantitative estimate of drug-likeness (QED) is 0.273. The van der Waals surface area contributed by atoms with E-state index in [0.29, 0.717) is 50.1 Å². The maximum absolute atomic E-state index is 14.7. The third kappa shape index (κ3) is 7.44. The molecule has 2 aromatic heterocycles. The summed E-state index contributed by atoms with van der Waals surface area (Å²) in [6.45, 7) is 11.1. The summed E-state index contributed by atoms with van der Waals surface area (Å²) in [5.41, 5.74) is 4.93. The first-order valence-electron chi connectivity index (χ1n) is 16.4. The van der Waals surface area contributed by atoms with Gasteiger partial charge in [0.25, 0.3) is 0 Å². The number of carbonyl (C=O) groups is 2. The minimum Gasteiger partial charge on any atom is -0.444 e. The fourth-order valence-electron chi connectivity index (χ4n) is 6.78. The Morgan fingerprint density at radius 2 is 1.89 bits per heavy atom. The first-order chi connectivity index (χ1) is 22.0. The van der Waals surface area contributed by atoms with Crippen LogP contribution in [-0.2, 0) is 35.3 Å². The van der Waals surface area contributed by atoms with Gasteiger partial charge in [-0.05, 0) is 110 Å². The Hall–Kier alpha value is -2.95. The average molecular weight is 712 g/mol. The predicted octanol–water partition coefficient (Wildman–Crippen LogP) is 6.30. The maximum atomic E-state index is 14.7. The van der Waals surface area contributed by atoms with Crippen LogP contribution in [-0.4, -0.2) is 85.6 Å². The monoisotopic (exact) mass is 710 g/mol. The predicted molar refractivity (Wildman–Crippen MR) is 182 cm³/mol. The number of benzene rings is 1. The highest BCUT2D eigenvalue weighted by molar-refractivity contribution is 9.10. The first-order valence-corrected chi connectivity index (χ1v) is 17.6. The summed E-state index contributed by atoms with van der Waals surface area (Å²) in [7, 11) is 0. The molecule has 46 heavy (non-hydrogen) atoms. The lowest BCUT2D eigenvalue weighted by molar-refractivity contribution is -0.140. The number of nitrogens with zero attached hydrogens (tertiary/aromatic N) is 6. The summed E-state index contributed by atoms with van der Waals surface area (Å²) in [6.07, 6.45) is 9.78. The minimum atomic E-state index is -0.698. The molecule has 3 aromatic rings. The van der Waals surface area contributed by atoms with Crippen LogP contribution >= 0.6 is 27.5 Å². The molecule has 3 heterocycles. The molecule has 1 unspecified atom stereocenters. The standard InChI is InChI=1S/C35H44BrClN6O3/c1-5-40-22-38-19-28(40)12-13-42(20-23-6-7-23)33(44)30-21-41(14-15-43(30)34(45)46-35(2,3)4)32-29-11-10-27(37)17-24(29)8-9-25-16-26(36)18-39-31(25)32/h10-11,16-19,22-23,30,32H,5-9,12-15,20-21H2,1-4H3/t30-,32?/m1/s1. The number of rotatable bonds is 8. The Labute approximate surface area is 285 Å². The normalized spacial score (nSPS) is 20.1. The van der Waals surface area contributed by atoms with Crippen LogP contribution in [0.3, 0.4) is 0 Å². The van der Waals surface area contributed by atoms with Crippen LogP contribution in [0, 0.1) is 5.92 Å². The molecule has 1 aliphatic heterocycles. The summed E-state index contributed by atoms with van der Waals surface area (Å²) in [4.78, 5) is 43.7. The van der Waals surface area contributed by atoms with E-state index in [9.17, 15) is 9.59 Å². The molecule has 2 fully saturated rings. The molecule has 246 valence electrons. The van der Waals surface area contributed by atoms with Crippen molar-refractivity contribution in [3.05, 3.63) is 80.6 Å². The number of pyridine rings is 1. The molecule has 0 spiro atoms. The van der Waals surface area contributed by atoms with Crippen molar-refractivity contribution in [1.29, 1.82) is 0 Å². The number of aromatic nitrogens is 3. The number of imidazole rings is 1. The van der Waals surface area contributed by atoms with Crippen LogP contribution in [0.4, 0.5) is 4.79 Å². The van der Waals surface area contributed by atoms with Gasteiger partial charge < -0.3 is 14.2 Å². The summed E-state index contributed by atoms with van der Waals surface area (Å²) in [6, 6.07) is 7.38. The van der Waals surface area contributed by atoms with Gasteiger partial charge in [0.15, 0.2) is 0 Å². The molecule has 0 N–H and O–H groups in total. The number of fused-ring (bicyclic) bond motifs is 2. The number of ether oxygens (including phenoxy) is 1. The lowest BCUT2D eigenvalue weighted by Gasteiger charge is -2.45. The van der Waals surface area contributed by atoms with E-state index in [1.165, 1.54) is 11.1 Å². The van der Waals surface area contributed by atoms with E-state index in [0.717, 1.165) is 53.7 Å². The Bertz CT molecular complexity index is 1530. The molecule has 11 heteroatoms. The van der Waals surface area contributed by atoms with Crippen LogP contribution in [0.2, 0.25) is 5.02 Å². The van der Waals surface area contributed by atoms with Crippen LogP contribution in [0.5, 0.6) is 0 Å². The van der Waals surface area contributed by atoms with Crippen molar-refractivity contribution in [3.8, 4) is 0 Å². The molecule has 0 bridgehead atoms. The molecule has 6 rings (SSSR count).